The summed E-state index contributed by atoms with van der Waals surface area (Å²) in [6.07, 6.45) is 6.97. The lowest BCUT2D eigenvalue weighted by atomic mass is 10.1. The maximum absolute atomic E-state index is 13.9. The van der Waals surface area contributed by atoms with Gasteiger partial charge >= 0.3 is 0 Å². The maximum Gasteiger partial charge on any atom is 0.159 e. The van der Waals surface area contributed by atoms with Gasteiger partial charge in [0.15, 0.2) is 5.82 Å². The molecule has 6 rings (SSSR count). The Morgan fingerprint density at radius 3 is 2.72 bits per heavy atom. The zero-order valence-corrected chi connectivity index (χ0v) is 16.7. The molecule has 0 amide bonds. The summed E-state index contributed by atoms with van der Waals surface area (Å²) in [6, 6.07) is 7.53. The van der Waals surface area contributed by atoms with Gasteiger partial charge in [0, 0.05) is 42.0 Å². The molecule has 0 spiro atoms. The molecule has 0 aliphatic heterocycles. The first-order chi connectivity index (χ1) is 15.5. The number of imidazole rings is 1. The van der Waals surface area contributed by atoms with E-state index >= 15 is 0 Å². The Bertz CT molecular complexity index is 1610. The summed E-state index contributed by atoms with van der Waals surface area (Å²) >= 11 is 0. The summed E-state index contributed by atoms with van der Waals surface area (Å²) < 4.78 is 15.6. The fourth-order valence-corrected chi connectivity index (χ4v) is 3.78. The van der Waals surface area contributed by atoms with Gasteiger partial charge in [-0.3, -0.25) is 19.7 Å². The number of hydrogen-bond acceptors (Lipinski definition) is 6. The lowest BCUT2D eigenvalue weighted by molar-refractivity contribution is 0.469. The van der Waals surface area contributed by atoms with Crippen LogP contribution in [0.2, 0.25) is 0 Å². The minimum Gasteiger partial charge on any atom is -0.508 e. The number of rotatable bonds is 3. The van der Waals surface area contributed by atoms with Crippen molar-refractivity contribution in [1.29, 1.82) is 0 Å². The van der Waals surface area contributed by atoms with Crippen molar-refractivity contribution in [2.45, 2.75) is 0 Å². The van der Waals surface area contributed by atoms with Crippen LogP contribution in [0.1, 0.15) is 0 Å². The van der Waals surface area contributed by atoms with Crippen LogP contribution in [0, 0.1) is 5.82 Å². The monoisotopic (exact) mass is 426 g/mol. The standard InChI is InChI=1S/C22H15FN8O/c1-31-10-12(8-26-31)17-7-15-18(9-25-17)29-30-20(15)22-27-16-2-3-24-19(21(16)28-22)11-4-13(23)6-14(32)5-11/h2-10,32H,1H3,(H,27,28)(H,29,30). The SMILES string of the molecule is Cn1cc(-c2cc3c(-c4nc5c(-c6cc(O)cc(F)c6)nccc5[nH]4)n[nH]c3cn2)cn1. The highest BCUT2D eigenvalue weighted by Crippen LogP contribution is 2.32. The predicted molar refractivity (Wildman–Crippen MR) is 116 cm³/mol. The van der Waals surface area contributed by atoms with Crippen molar-refractivity contribution in [1.82, 2.24) is 39.9 Å². The Morgan fingerprint density at radius 2 is 1.91 bits per heavy atom. The number of halogens is 1. The molecular weight excluding hydrogens is 411 g/mol. The Morgan fingerprint density at radius 1 is 1.00 bits per heavy atom. The summed E-state index contributed by atoms with van der Waals surface area (Å²) in [5, 5.41) is 22.3. The number of aryl methyl sites for hydroxylation is 1. The minimum atomic E-state index is -0.553. The molecule has 9 nitrogen and oxygen atoms in total. The molecule has 1 aromatic carbocycles. The molecule has 5 heterocycles. The van der Waals surface area contributed by atoms with Crippen LogP contribution >= 0.6 is 0 Å². The summed E-state index contributed by atoms with van der Waals surface area (Å²) in [7, 11) is 1.85. The maximum atomic E-state index is 13.9. The number of phenolic OH excluding ortho intramolecular Hbond substituents is 1. The van der Waals surface area contributed by atoms with Crippen molar-refractivity contribution in [2.75, 3.05) is 0 Å². The van der Waals surface area contributed by atoms with E-state index in [9.17, 15) is 9.50 Å². The lowest BCUT2D eigenvalue weighted by Crippen LogP contribution is -1.87. The zero-order chi connectivity index (χ0) is 21.8. The number of benzene rings is 1. The van der Waals surface area contributed by atoms with Crippen molar-refractivity contribution in [3.63, 3.8) is 0 Å². The van der Waals surface area contributed by atoms with Crippen LogP contribution in [0.3, 0.4) is 0 Å². The van der Waals surface area contributed by atoms with Crippen molar-refractivity contribution in [2.24, 2.45) is 7.05 Å². The van der Waals surface area contributed by atoms with Crippen LogP contribution in [0.5, 0.6) is 5.75 Å². The molecule has 0 saturated heterocycles. The van der Waals surface area contributed by atoms with E-state index < -0.39 is 5.82 Å². The Balaban J connectivity index is 1.51. The first-order valence-electron chi connectivity index (χ1n) is 9.73. The molecule has 0 unspecified atom stereocenters. The summed E-state index contributed by atoms with van der Waals surface area (Å²) in [5.41, 5.74) is 5.19. The van der Waals surface area contributed by atoms with E-state index in [4.69, 9.17) is 4.98 Å². The largest absolute Gasteiger partial charge is 0.508 e. The van der Waals surface area contributed by atoms with E-state index in [0.717, 1.165) is 28.2 Å². The number of H-pyrrole nitrogens is 2. The Kier molecular flexibility index (Phi) is 3.81. The highest BCUT2D eigenvalue weighted by Gasteiger charge is 2.17. The van der Waals surface area contributed by atoms with Gasteiger partial charge in [-0.05, 0) is 24.3 Å². The Hall–Kier alpha value is -4.60. The molecule has 0 radical (unpaired) electrons. The Labute approximate surface area is 179 Å². The molecule has 10 heteroatoms. The normalized spacial score (nSPS) is 11.6. The molecular formula is C22H15FN8O. The number of aromatic amines is 2. The predicted octanol–water partition coefficient (Wildman–Crippen LogP) is 3.81. The number of aromatic hydroxyl groups is 1. The van der Waals surface area contributed by atoms with Crippen LogP contribution in [0.25, 0.3) is 56.0 Å². The quantitative estimate of drug-likeness (QED) is 0.396. The number of phenols is 1. The van der Waals surface area contributed by atoms with Crippen molar-refractivity contribution < 1.29 is 9.50 Å². The molecule has 6 aromatic rings. The van der Waals surface area contributed by atoms with Gasteiger partial charge in [0.1, 0.15) is 22.8 Å². The third kappa shape index (κ3) is 2.88. The van der Waals surface area contributed by atoms with E-state index in [-0.39, 0.29) is 5.75 Å². The van der Waals surface area contributed by atoms with Crippen LogP contribution in [-0.2, 0) is 7.05 Å². The molecule has 5 aromatic heterocycles. The summed E-state index contributed by atoms with van der Waals surface area (Å²) in [4.78, 5) is 16.8. The van der Waals surface area contributed by atoms with Crippen molar-refractivity contribution >= 4 is 21.9 Å². The summed E-state index contributed by atoms with van der Waals surface area (Å²) in [5.74, 6) is -0.198. The second-order valence-electron chi connectivity index (χ2n) is 7.43. The van der Waals surface area contributed by atoms with Gasteiger partial charge in [-0.25, -0.2) is 9.37 Å². The van der Waals surface area contributed by atoms with Crippen LogP contribution in [-0.4, -0.2) is 45.0 Å². The highest BCUT2D eigenvalue weighted by molar-refractivity contribution is 5.96. The van der Waals surface area contributed by atoms with E-state index in [1.165, 1.54) is 12.1 Å². The molecule has 0 saturated carbocycles. The highest BCUT2D eigenvalue weighted by atomic mass is 19.1. The van der Waals surface area contributed by atoms with Gasteiger partial charge in [0.05, 0.1) is 34.8 Å². The van der Waals surface area contributed by atoms with Crippen molar-refractivity contribution in [3.8, 4) is 39.8 Å². The number of hydrogen-bond donors (Lipinski definition) is 3. The van der Waals surface area contributed by atoms with Gasteiger partial charge in [-0.15, -0.1) is 0 Å². The van der Waals surface area contributed by atoms with E-state index in [0.29, 0.717) is 33.8 Å². The minimum absolute atomic E-state index is 0.178. The average Bonchev–Trinajstić information content (AvgIpc) is 3.49. The van der Waals surface area contributed by atoms with Gasteiger partial charge in [-0.2, -0.15) is 10.2 Å². The molecule has 0 aliphatic carbocycles. The number of aromatic nitrogens is 8. The van der Waals surface area contributed by atoms with E-state index in [1.54, 1.807) is 29.3 Å². The van der Waals surface area contributed by atoms with E-state index in [1.807, 2.05) is 19.3 Å². The number of nitrogens with one attached hydrogen (secondary N) is 2. The van der Waals surface area contributed by atoms with Crippen LogP contribution < -0.4 is 0 Å². The number of fused-ring (bicyclic) bond motifs is 2. The van der Waals surface area contributed by atoms with E-state index in [2.05, 4.69) is 30.2 Å². The molecule has 0 atom stereocenters. The molecule has 156 valence electrons. The first-order valence-corrected chi connectivity index (χ1v) is 9.73. The smallest absolute Gasteiger partial charge is 0.159 e. The summed E-state index contributed by atoms with van der Waals surface area (Å²) in [6.45, 7) is 0. The van der Waals surface area contributed by atoms with Gasteiger partial charge in [0.25, 0.3) is 0 Å². The third-order valence-corrected chi connectivity index (χ3v) is 5.23. The molecule has 0 fully saturated rings. The van der Waals surface area contributed by atoms with Gasteiger partial charge in [-0.1, -0.05) is 0 Å². The number of nitrogens with zero attached hydrogens (tertiary/aromatic N) is 6. The van der Waals surface area contributed by atoms with Crippen molar-refractivity contribution in [3.05, 3.63) is 60.9 Å². The first kappa shape index (κ1) is 18.2. The fraction of sp³-hybridized carbons (Fsp3) is 0.0455. The topological polar surface area (TPSA) is 121 Å². The molecule has 0 bridgehead atoms. The van der Waals surface area contributed by atoms with Crippen LogP contribution in [0.15, 0.2) is 55.1 Å². The average molecular weight is 426 g/mol. The second-order valence-corrected chi connectivity index (χ2v) is 7.43. The van der Waals surface area contributed by atoms with Gasteiger partial charge < -0.3 is 10.1 Å². The molecule has 32 heavy (non-hydrogen) atoms. The number of pyridine rings is 2. The molecule has 3 N–H and O–H groups in total. The second kappa shape index (κ2) is 6.71. The fourth-order valence-electron chi connectivity index (χ4n) is 3.78. The third-order valence-electron chi connectivity index (χ3n) is 5.23. The lowest BCUT2D eigenvalue weighted by Gasteiger charge is -2.03. The zero-order valence-electron chi connectivity index (χ0n) is 16.7. The van der Waals surface area contributed by atoms with Gasteiger partial charge in [0.2, 0.25) is 0 Å². The molecule has 0 aliphatic rings. The van der Waals surface area contributed by atoms with Crippen LogP contribution in [0.4, 0.5) is 4.39 Å².